The number of hydrogen-bond acceptors (Lipinski definition) is 8. The summed E-state index contributed by atoms with van der Waals surface area (Å²) < 4.78 is 10.4. The minimum Gasteiger partial charge on any atom is -0.466 e. The van der Waals surface area contributed by atoms with Crippen molar-refractivity contribution in [2.75, 3.05) is 56.3 Å². The van der Waals surface area contributed by atoms with Crippen LogP contribution in [0.25, 0.3) is 22.3 Å². The molecule has 0 aromatic carbocycles. The molecule has 3 aromatic rings. The van der Waals surface area contributed by atoms with Gasteiger partial charge < -0.3 is 19.3 Å². The highest BCUT2D eigenvalue weighted by atomic mass is 16.5. The number of aromatic nitrogens is 4. The fourth-order valence-electron chi connectivity index (χ4n) is 3.33. The van der Waals surface area contributed by atoms with Gasteiger partial charge in [-0.1, -0.05) is 0 Å². The fraction of sp³-hybridized carbons (Fsp3) is 0.368. The second kappa shape index (κ2) is 8.22. The van der Waals surface area contributed by atoms with Gasteiger partial charge in [0.1, 0.15) is 23.6 Å². The SMILES string of the molecule is CN(CCOC=O)c1cc(N2CCOCC2)nc2c(-c3ccn[nH]3)nccc12. The summed E-state index contributed by atoms with van der Waals surface area (Å²) in [6, 6.07) is 5.91. The van der Waals surface area contributed by atoms with E-state index in [4.69, 9.17) is 14.5 Å². The van der Waals surface area contributed by atoms with E-state index in [2.05, 4.69) is 31.0 Å². The molecule has 4 heterocycles. The number of anilines is 2. The standard InChI is InChI=1S/C19H22N6O3/c1-24(6-9-28-13-26)16-12-17(25-7-10-27-11-8-25)22-18-14(16)2-4-20-19(18)15-3-5-21-23-15/h2-5,12-13H,6-11H2,1H3,(H,21,23). The van der Waals surface area contributed by atoms with E-state index in [0.29, 0.717) is 32.8 Å². The lowest BCUT2D eigenvalue weighted by molar-refractivity contribution is -0.128. The topological polar surface area (TPSA) is 96.5 Å². The Morgan fingerprint density at radius 2 is 2.18 bits per heavy atom. The Kier molecular flexibility index (Phi) is 5.34. The lowest BCUT2D eigenvalue weighted by atomic mass is 10.1. The van der Waals surface area contributed by atoms with Crippen molar-refractivity contribution >= 4 is 28.9 Å². The van der Waals surface area contributed by atoms with E-state index in [1.54, 1.807) is 12.4 Å². The quantitative estimate of drug-likeness (QED) is 0.485. The van der Waals surface area contributed by atoms with Crippen molar-refractivity contribution in [3.63, 3.8) is 0 Å². The number of carbonyl (C=O) groups is 1. The van der Waals surface area contributed by atoms with Crippen molar-refractivity contribution in [2.45, 2.75) is 0 Å². The molecule has 0 saturated carbocycles. The molecule has 0 aliphatic carbocycles. The number of hydrogen-bond donors (Lipinski definition) is 1. The molecule has 1 aliphatic rings. The molecule has 3 aromatic heterocycles. The van der Waals surface area contributed by atoms with E-state index in [1.165, 1.54) is 0 Å². The Balaban J connectivity index is 1.83. The number of nitrogens with one attached hydrogen (secondary N) is 1. The average molecular weight is 382 g/mol. The molecule has 9 heteroatoms. The molecule has 28 heavy (non-hydrogen) atoms. The monoisotopic (exact) mass is 382 g/mol. The van der Waals surface area contributed by atoms with Crippen molar-refractivity contribution in [3.05, 3.63) is 30.6 Å². The van der Waals surface area contributed by atoms with Crippen molar-refractivity contribution in [1.29, 1.82) is 0 Å². The summed E-state index contributed by atoms with van der Waals surface area (Å²) in [5.74, 6) is 0.878. The first kappa shape index (κ1) is 18.2. The van der Waals surface area contributed by atoms with Crippen LogP contribution in [0.2, 0.25) is 0 Å². The van der Waals surface area contributed by atoms with E-state index in [0.717, 1.165) is 46.9 Å². The molecule has 0 bridgehead atoms. The second-order valence-corrected chi connectivity index (χ2v) is 6.51. The first-order valence-corrected chi connectivity index (χ1v) is 9.16. The molecular formula is C19H22N6O3. The number of aromatic amines is 1. The highest BCUT2D eigenvalue weighted by Gasteiger charge is 2.19. The van der Waals surface area contributed by atoms with Gasteiger partial charge in [0, 0.05) is 49.7 Å². The maximum atomic E-state index is 10.5. The molecule has 1 aliphatic heterocycles. The van der Waals surface area contributed by atoms with Gasteiger partial charge in [-0.3, -0.25) is 14.9 Å². The Morgan fingerprint density at radius 3 is 2.93 bits per heavy atom. The van der Waals surface area contributed by atoms with E-state index >= 15 is 0 Å². The Morgan fingerprint density at radius 1 is 1.32 bits per heavy atom. The molecule has 1 fully saturated rings. The van der Waals surface area contributed by atoms with Crippen LogP contribution in [-0.2, 0) is 14.3 Å². The van der Waals surface area contributed by atoms with E-state index in [9.17, 15) is 4.79 Å². The van der Waals surface area contributed by atoms with Gasteiger partial charge in [-0.25, -0.2) is 4.98 Å². The summed E-state index contributed by atoms with van der Waals surface area (Å²) in [4.78, 5) is 24.2. The van der Waals surface area contributed by atoms with E-state index in [1.807, 2.05) is 19.2 Å². The van der Waals surface area contributed by atoms with Gasteiger partial charge in [-0.05, 0) is 12.1 Å². The number of pyridine rings is 2. The summed E-state index contributed by atoms with van der Waals surface area (Å²) in [6.07, 6.45) is 3.47. The van der Waals surface area contributed by atoms with E-state index < -0.39 is 0 Å². The number of ether oxygens (including phenoxy) is 2. The Hall–Kier alpha value is -3.20. The molecule has 1 N–H and O–H groups in total. The maximum absolute atomic E-state index is 10.5. The number of H-pyrrole nitrogens is 1. The largest absolute Gasteiger partial charge is 0.466 e. The normalized spacial score (nSPS) is 14.2. The Bertz CT molecular complexity index is 940. The molecule has 0 amide bonds. The van der Waals surface area contributed by atoms with Crippen molar-refractivity contribution in [2.24, 2.45) is 0 Å². The molecule has 9 nitrogen and oxygen atoms in total. The molecule has 146 valence electrons. The third-order valence-corrected chi connectivity index (χ3v) is 4.81. The number of nitrogens with zero attached hydrogens (tertiary/aromatic N) is 5. The third-order valence-electron chi connectivity index (χ3n) is 4.81. The van der Waals surface area contributed by atoms with Crippen LogP contribution in [0.1, 0.15) is 0 Å². The van der Waals surface area contributed by atoms with Gasteiger partial charge in [-0.2, -0.15) is 5.10 Å². The van der Waals surface area contributed by atoms with Crippen LogP contribution in [0.3, 0.4) is 0 Å². The van der Waals surface area contributed by atoms with Crippen molar-refractivity contribution in [1.82, 2.24) is 20.2 Å². The number of likely N-dealkylation sites (N-methyl/N-ethyl adjacent to an activating group) is 1. The van der Waals surface area contributed by atoms with Gasteiger partial charge in [0.25, 0.3) is 6.47 Å². The van der Waals surface area contributed by atoms with Gasteiger partial charge in [0.05, 0.1) is 25.5 Å². The maximum Gasteiger partial charge on any atom is 0.293 e. The molecule has 0 unspecified atom stereocenters. The van der Waals surface area contributed by atoms with Gasteiger partial charge >= 0.3 is 0 Å². The molecule has 4 rings (SSSR count). The summed E-state index contributed by atoms with van der Waals surface area (Å²) in [5, 5.41) is 8.00. The number of morpholine rings is 1. The zero-order chi connectivity index (χ0) is 19.3. The van der Waals surface area contributed by atoms with Crippen LogP contribution in [-0.4, -0.2) is 73.1 Å². The summed E-state index contributed by atoms with van der Waals surface area (Å²) in [7, 11) is 1.97. The lowest BCUT2D eigenvalue weighted by Gasteiger charge is -2.30. The average Bonchev–Trinajstić information content (AvgIpc) is 3.28. The van der Waals surface area contributed by atoms with Crippen LogP contribution in [0.15, 0.2) is 30.6 Å². The first-order chi connectivity index (χ1) is 13.8. The highest BCUT2D eigenvalue weighted by Crippen LogP contribution is 2.33. The number of fused-ring (bicyclic) bond motifs is 1. The number of carbonyl (C=O) groups excluding carboxylic acids is 1. The van der Waals surface area contributed by atoms with Gasteiger partial charge in [0.15, 0.2) is 0 Å². The van der Waals surface area contributed by atoms with Crippen LogP contribution < -0.4 is 9.80 Å². The molecule has 0 spiro atoms. The minimum absolute atomic E-state index is 0.315. The molecule has 0 atom stereocenters. The van der Waals surface area contributed by atoms with Gasteiger partial charge in [-0.15, -0.1) is 0 Å². The fourth-order valence-corrected chi connectivity index (χ4v) is 3.33. The molecule has 0 radical (unpaired) electrons. The van der Waals surface area contributed by atoms with Crippen molar-refractivity contribution < 1.29 is 14.3 Å². The zero-order valence-corrected chi connectivity index (χ0v) is 15.7. The molecular weight excluding hydrogens is 360 g/mol. The highest BCUT2D eigenvalue weighted by molar-refractivity contribution is 5.99. The van der Waals surface area contributed by atoms with Crippen LogP contribution >= 0.6 is 0 Å². The predicted molar refractivity (Wildman–Crippen MR) is 105 cm³/mol. The van der Waals surface area contributed by atoms with Crippen molar-refractivity contribution in [3.8, 4) is 11.4 Å². The Labute approximate surface area is 162 Å². The molecule has 1 saturated heterocycles. The summed E-state index contributed by atoms with van der Waals surface area (Å²) in [6.45, 7) is 4.29. The lowest BCUT2D eigenvalue weighted by Crippen LogP contribution is -2.37. The third kappa shape index (κ3) is 3.61. The van der Waals surface area contributed by atoms with Crippen LogP contribution in [0.4, 0.5) is 11.5 Å². The van der Waals surface area contributed by atoms with Crippen LogP contribution in [0, 0.1) is 0 Å². The zero-order valence-electron chi connectivity index (χ0n) is 15.7. The predicted octanol–water partition coefficient (Wildman–Crippen LogP) is 1.47. The van der Waals surface area contributed by atoms with Crippen LogP contribution in [0.5, 0.6) is 0 Å². The van der Waals surface area contributed by atoms with Gasteiger partial charge in [0.2, 0.25) is 0 Å². The summed E-state index contributed by atoms with van der Waals surface area (Å²) >= 11 is 0. The first-order valence-electron chi connectivity index (χ1n) is 9.16. The minimum atomic E-state index is 0.315. The number of rotatable bonds is 7. The summed E-state index contributed by atoms with van der Waals surface area (Å²) in [5.41, 5.74) is 3.37. The smallest absolute Gasteiger partial charge is 0.293 e. The second-order valence-electron chi connectivity index (χ2n) is 6.51. The van der Waals surface area contributed by atoms with E-state index in [-0.39, 0.29) is 0 Å².